The molecule has 0 aliphatic heterocycles. The second kappa shape index (κ2) is 3.97. The van der Waals surface area contributed by atoms with Crippen LogP contribution in [0.4, 0.5) is 0 Å². The Morgan fingerprint density at radius 3 is 2.93 bits per heavy atom. The van der Waals surface area contributed by atoms with Crippen LogP contribution in [0, 0.1) is 17.8 Å². The number of ether oxygens (including phenoxy) is 1. The SMILES string of the molecule is COC(=O)[C@H]1CC(C)=C[C@@H]2[C@@H]1CC[C@@H]2O. The number of methoxy groups -OCH3 is 1. The second-order valence-corrected chi connectivity index (χ2v) is 4.73. The van der Waals surface area contributed by atoms with Crippen LogP contribution in [-0.4, -0.2) is 24.3 Å². The minimum atomic E-state index is -0.266. The highest BCUT2D eigenvalue weighted by molar-refractivity contribution is 5.73. The van der Waals surface area contributed by atoms with Crippen LogP contribution >= 0.6 is 0 Å². The molecule has 0 radical (unpaired) electrons. The number of hydrogen-bond acceptors (Lipinski definition) is 3. The molecule has 0 aromatic carbocycles. The van der Waals surface area contributed by atoms with E-state index in [1.165, 1.54) is 12.7 Å². The normalized spacial score (nSPS) is 39.5. The lowest BCUT2D eigenvalue weighted by Crippen LogP contribution is -2.33. The van der Waals surface area contributed by atoms with Crippen LogP contribution in [0.1, 0.15) is 26.2 Å². The summed E-state index contributed by atoms with van der Waals surface area (Å²) in [6.07, 6.45) is 4.42. The lowest BCUT2D eigenvalue weighted by molar-refractivity contribution is -0.148. The third-order valence-electron chi connectivity index (χ3n) is 3.77. The van der Waals surface area contributed by atoms with Crippen molar-refractivity contribution in [2.24, 2.45) is 17.8 Å². The van der Waals surface area contributed by atoms with E-state index in [2.05, 4.69) is 6.08 Å². The quantitative estimate of drug-likeness (QED) is 0.527. The summed E-state index contributed by atoms with van der Waals surface area (Å²) in [7, 11) is 1.44. The highest BCUT2D eigenvalue weighted by atomic mass is 16.5. The van der Waals surface area contributed by atoms with Crippen LogP contribution < -0.4 is 0 Å². The Kier molecular flexibility index (Phi) is 2.83. The number of carbonyl (C=O) groups excluding carboxylic acids is 1. The van der Waals surface area contributed by atoms with Gasteiger partial charge in [0, 0.05) is 5.92 Å². The van der Waals surface area contributed by atoms with Crippen molar-refractivity contribution in [2.45, 2.75) is 32.3 Å². The van der Waals surface area contributed by atoms with Crippen LogP contribution in [0.5, 0.6) is 0 Å². The van der Waals surface area contributed by atoms with Crippen molar-refractivity contribution >= 4 is 5.97 Å². The van der Waals surface area contributed by atoms with Crippen molar-refractivity contribution in [3.05, 3.63) is 11.6 Å². The van der Waals surface area contributed by atoms with E-state index in [0.29, 0.717) is 0 Å². The van der Waals surface area contributed by atoms with E-state index in [0.717, 1.165) is 19.3 Å². The molecule has 0 heterocycles. The molecule has 3 nitrogen and oxygen atoms in total. The average molecular weight is 210 g/mol. The van der Waals surface area contributed by atoms with Crippen molar-refractivity contribution < 1.29 is 14.6 Å². The molecule has 3 heteroatoms. The molecular weight excluding hydrogens is 192 g/mol. The van der Waals surface area contributed by atoms with E-state index in [-0.39, 0.29) is 29.8 Å². The predicted molar refractivity (Wildman–Crippen MR) is 56.1 cm³/mol. The maximum Gasteiger partial charge on any atom is 0.309 e. The number of hydrogen-bond donors (Lipinski definition) is 1. The first-order valence-corrected chi connectivity index (χ1v) is 5.56. The van der Waals surface area contributed by atoms with Gasteiger partial charge in [0.25, 0.3) is 0 Å². The van der Waals surface area contributed by atoms with Crippen molar-refractivity contribution in [1.82, 2.24) is 0 Å². The number of rotatable bonds is 1. The van der Waals surface area contributed by atoms with E-state index in [1.807, 2.05) is 6.92 Å². The zero-order chi connectivity index (χ0) is 11.0. The number of carbonyl (C=O) groups is 1. The van der Waals surface area contributed by atoms with E-state index in [9.17, 15) is 9.90 Å². The second-order valence-electron chi connectivity index (χ2n) is 4.73. The van der Waals surface area contributed by atoms with Crippen LogP contribution in [-0.2, 0) is 9.53 Å². The van der Waals surface area contributed by atoms with Crippen molar-refractivity contribution in [3.8, 4) is 0 Å². The smallest absolute Gasteiger partial charge is 0.309 e. The number of aliphatic hydroxyl groups excluding tert-OH is 1. The van der Waals surface area contributed by atoms with Crippen LogP contribution in [0.3, 0.4) is 0 Å². The van der Waals surface area contributed by atoms with Gasteiger partial charge in [0.15, 0.2) is 0 Å². The summed E-state index contributed by atoms with van der Waals surface area (Å²) in [6, 6.07) is 0. The lowest BCUT2D eigenvalue weighted by atomic mass is 9.75. The van der Waals surface area contributed by atoms with Gasteiger partial charge in [0.1, 0.15) is 0 Å². The maximum atomic E-state index is 11.6. The summed E-state index contributed by atoms with van der Waals surface area (Å²) in [6.45, 7) is 2.02. The fraction of sp³-hybridized carbons (Fsp3) is 0.750. The molecular formula is C12H18O3. The monoisotopic (exact) mass is 210 g/mol. The van der Waals surface area contributed by atoms with Gasteiger partial charge in [-0.1, -0.05) is 11.6 Å². The first-order chi connectivity index (χ1) is 7.13. The van der Waals surface area contributed by atoms with Gasteiger partial charge in [-0.15, -0.1) is 0 Å². The Morgan fingerprint density at radius 2 is 2.27 bits per heavy atom. The minimum absolute atomic E-state index is 0.0397. The van der Waals surface area contributed by atoms with Gasteiger partial charge in [0.05, 0.1) is 19.1 Å². The third-order valence-corrected chi connectivity index (χ3v) is 3.77. The molecule has 1 N–H and O–H groups in total. The molecule has 0 amide bonds. The summed E-state index contributed by atoms with van der Waals surface area (Å²) in [5, 5.41) is 9.82. The Morgan fingerprint density at radius 1 is 1.53 bits per heavy atom. The molecule has 0 saturated heterocycles. The van der Waals surface area contributed by atoms with E-state index in [1.54, 1.807) is 0 Å². The van der Waals surface area contributed by atoms with Gasteiger partial charge in [-0.3, -0.25) is 4.79 Å². The average Bonchev–Trinajstić information content (AvgIpc) is 2.58. The summed E-state index contributed by atoms with van der Waals surface area (Å²) in [5.41, 5.74) is 1.20. The molecule has 0 aromatic heterocycles. The molecule has 1 fully saturated rings. The van der Waals surface area contributed by atoms with Gasteiger partial charge in [-0.25, -0.2) is 0 Å². The zero-order valence-electron chi connectivity index (χ0n) is 9.27. The highest BCUT2D eigenvalue weighted by Gasteiger charge is 2.43. The molecule has 15 heavy (non-hydrogen) atoms. The number of fused-ring (bicyclic) bond motifs is 1. The molecule has 0 aromatic rings. The van der Waals surface area contributed by atoms with Crippen LogP contribution in [0.25, 0.3) is 0 Å². The molecule has 2 aliphatic rings. The van der Waals surface area contributed by atoms with E-state index in [4.69, 9.17) is 4.74 Å². The van der Waals surface area contributed by atoms with E-state index < -0.39 is 0 Å². The van der Waals surface area contributed by atoms with Crippen molar-refractivity contribution in [3.63, 3.8) is 0 Å². The Balaban J connectivity index is 2.22. The molecule has 84 valence electrons. The first-order valence-electron chi connectivity index (χ1n) is 5.56. The fourth-order valence-electron chi connectivity index (χ4n) is 3.04. The first kappa shape index (κ1) is 10.7. The van der Waals surface area contributed by atoms with Gasteiger partial charge in [0.2, 0.25) is 0 Å². The van der Waals surface area contributed by atoms with Gasteiger partial charge in [-0.05, 0) is 32.1 Å². The van der Waals surface area contributed by atoms with Gasteiger partial charge >= 0.3 is 5.97 Å². The molecule has 2 aliphatic carbocycles. The standard InChI is InChI=1S/C12H18O3/c1-7-5-9-8(3-4-11(9)13)10(6-7)12(14)15-2/h5,8-11,13H,3-4,6H2,1-2H3/t8-,9+,10-,11-/m0/s1. The summed E-state index contributed by atoms with van der Waals surface area (Å²) < 4.78 is 4.83. The minimum Gasteiger partial charge on any atom is -0.469 e. The van der Waals surface area contributed by atoms with Crippen molar-refractivity contribution in [2.75, 3.05) is 7.11 Å². The van der Waals surface area contributed by atoms with Crippen molar-refractivity contribution in [1.29, 1.82) is 0 Å². The summed E-state index contributed by atoms with van der Waals surface area (Å²) >= 11 is 0. The Bertz CT molecular complexity index is 295. The summed E-state index contributed by atoms with van der Waals surface area (Å²) in [4.78, 5) is 11.6. The fourth-order valence-corrected chi connectivity index (χ4v) is 3.04. The van der Waals surface area contributed by atoms with Crippen LogP contribution in [0.15, 0.2) is 11.6 Å². The predicted octanol–water partition coefficient (Wildman–Crippen LogP) is 1.51. The molecule has 4 atom stereocenters. The Labute approximate surface area is 90.1 Å². The zero-order valence-corrected chi connectivity index (χ0v) is 9.27. The molecule has 2 rings (SSSR count). The third kappa shape index (κ3) is 1.81. The summed E-state index contributed by atoms with van der Waals surface area (Å²) in [5.74, 6) is 0.299. The number of aliphatic hydroxyl groups is 1. The molecule has 0 unspecified atom stereocenters. The molecule has 1 saturated carbocycles. The van der Waals surface area contributed by atoms with Crippen LogP contribution in [0.2, 0.25) is 0 Å². The molecule has 0 bridgehead atoms. The molecule has 0 spiro atoms. The lowest BCUT2D eigenvalue weighted by Gasteiger charge is -2.31. The van der Waals surface area contributed by atoms with Gasteiger partial charge < -0.3 is 9.84 Å². The maximum absolute atomic E-state index is 11.6. The van der Waals surface area contributed by atoms with Gasteiger partial charge in [-0.2, -0.15) is 0 Å². The Hall–Kier alpha value is -0.830. The number of esters is 1. The van der Waals surface area contributed by atoms with E-state index >= 15 is 0 Å². The highest BCUT2D eigenvalue weighted by Crippen LogP contribution is 2.44. The largest absolute Gasteiger partial charge is 0.469 e. The topological polar surface area (TPSA) is 46.5 Å². The number of allylic oxidation sites excluding steroid dienone is 1.